The van der Waals surface area contributed by atoms with Crippen LogP contribution in [0.25, 0.3) is 0 Å². The van der Waals surface area contributed by atoms with E-state index in [4.69, 9.17) is 9.47 Å². The second kappa shape index (κ2) is 8.46. The van der Waals surface area contributed by atoms with Crippen LogP contribution >= 0.6 is 0 Å². The highest BCUT2D eigenvalue weighted by molar-refractivity contribution is 6.02. The topological polar surface area (TPSA) is 41.8 Å². The fraction of sp³-hybridized carbons (Fsp3) is 0.379. The van der Waals surface area contributed by atoms with Crippen LogP contribution in [0.15, 0.2) is 60.4 Å². The first-order chi connectivity index (χ1) is 16.5. The van der Waals surface area contributed by atoms with Gasteiger partial charge in [0.15, 0.2) is 5.60 Å². The van der Waals surface area contributed by atoms with Crippen molar-refractivity contribution in [3.8, 4) is 5.75 Å². The number of anilines is 1. The minimum Gasteiger partial charge on any atom is -0.460 e. The SMILES string of the molecule is CCN(CC)c1ccc2c(c1)OC1=CC(=[N+](CC)CC)C=CC1C21OC(=O)c2cc(C)ccc21. The third-order valence-electron chi connectivity index (χ3n) is 7.39. The van der Waals surface area contributed by atoms with Crippen LogP contribution in [0, 0.1) is 12.8 Å². The van der Waals surface area contributed by atoms with Crippen molar-refractivity contribution < 1.29 is 18.8 Å². The number of allylic oxidation sites excluding steroid dienone is 2. The number of benzene rings is 2. The third-order valence-corrected chi connectivity index (χ3v) is 7.39. The maximum absolute atomic E-state index is 13.2. The number of hydrogen-bond acceptors (Lipinski definition) is 4. The molecule has 2 atom stereocenters. The molecule has 5 rings (SSSR count). The molecule has 5 nitrogen and oxygen atoms in total. The minimum atomic E-state index is -0.938. The van der Waals surface area contributed by atoms with E-state index in [2.05, 4.69) is 85.7 Å². The van der Waals surface area contributed by atoms with Gasteiger partial charge < -0.3 is 14.4 Å². The van der Waals surface area contributed by atoms with Crippen molar-refractivity contribution in [1.29, 1.82) is 0 Å². The van der Waals surface area contributed by atoms with Gasteiger partial charge in [-0.3, -0.25) is 0 Å². The van der Waals surface area contributed by atoms with Gasteiger partial charge in [-0.15, -0.1) is 0 Å². The molecule has 0 N–H and O–H groups in total. The van der Waals surface area contributed by atoms with Crippen LogP contribution in [0.1, 0.15) is 54.7 Å². The summed E-state index contributed by atoms with van der Waals surface area (Å²) < 4.78 is 15.3. The van der Waals surface area contributed by atoms with E-state index in [-0.39, 0.29) is 11.9 Å². The monoisotopic (exact) mass is 457 g/mol. The lowest BCUT2D eigenvalue weighted by atomic mass is 9.71. The lowest BCUT2D eigenvalue weighted by Crippen LogP contribution is -2.43. The molecular formula is C29H33N2O3+. The summed E-state index contributed by atoms with van der Waals surface area (Å²) in [7, 11) is 0. The fourth-order valence-electron chi connectivity index (χ4n) is 5.61. The second-order valence-corrected chi connectivity index (χ2v) is 9.11. The predicted octanol–water partition coefficient (Wildman–Crippen LogP) is 5.21. The Hall–Kier alpha value is -3.34. The maximum Gasteiger partial charge on any atom is 0.339 e. The van der Waals surface area contributed by atoms with Crippen LogP contribution in [-0.4, -0.2) is 42.4 Å². The fourth-order valence-corrected chi connectivity index (χ4v) is 5.61. The van der Waals surface area contributed by atoms with E-state index in [1.54, 1.807) is 0 Å². The third kappa shape index (κ3) is 3.21. The molecule has 2 unspecified atom stereocenters. The quantitative estimate of drug-likeness (QED) is 0.457. The van der Waals surface area contributed by atoms with E-state index in [9.17, 15) is 4.79 Å². The molecule has 176 valence electrons. The molecule has 1 aliphatic carbocycles. The Bertz CT molecular complexity index is 1250. The summed E-state index contributed by atoms with van der Waals surface area (Å²) in [5.74, 6) is 1.06. The molecule has 0 bridgehead atoms. The Morgan fingerprint density at radius 2 is 1.74 bits per heavy atom. The van der Waals surface area contributed by atoms with Gasteiger partial charge in [-0.2, -0.15) is 0 Å². The van der Waals surface area contributed by atoms with Crippen LogP contribution in [0.4, 0.5) is 5.69 Å². The Morgan fingerprint density at radius 1 is 1.00 bits per heavy atom. The van der Waals surface area contributed by atoms with Gasteiger partial charge in [-0.05, 0) is 52.8 Å². The van der Waals surface area contributed by atoms with Crippen molar-refractivity contribution >= 4 is 17.4 Å². The van der Waals surface area contributed by atoms with Gasteiger partial charge in [0.2, 0.25) is 5.71 Å². The minimum absolute atomic E-state index is 0.230. The molecule has 2 aromatic carbocycles. The van der Waals surface area contributed by atoms with Crippen molar-refractivity contribution in [1.82, 2.24) is 0 Å². The molecule has 3 aliphatic rings. The van der Waals surface area contributed by atoms with E-state index >= 15 is 0 Å². The molecule has 2 heterocycles. The molecular weight excluding hydrogens is 424 g/mol. The molecule has 0 fully saturated rings. The molecule has 0 amide bonds. The Kier molecular flexibility index (Phi) is 5.59. The second-order valence-electron chi connectivity index (χ2n) is 9.11. The lowest BCUT2D eigenvalue weighted by Gasteiger charge is -2.42. The van der Waals surface area contributed by atoms with Gasteiger partial charge in [0, 0.05) is 48.1 Å². The molecule has 5 heteroatoms. The average Bonchev–Trinajstić information content (AvgIpc) is 3.12. The van der Waals surface area contributed by atoms with E-state index in [1.165, 1.54) is 0 Å². The smallest absolute Gasteiger partial charge is 0.339 e. The van der Waals surface area contributed by atoms with E-state index in [0.717, 1.165) is 65.8 Å². The lowest BCUT2D eigenvalue weighted by molar-refractivity contribution is -0.519. The Labute approximate surface area is 202 Å². The molecule has 2 aliphatic heterocycles. The number of aryl methyl sites for hydroxylation is 1. The zero-order valence-corrected chi connectivity index (χ0v) is 20.7. The van der Waals surface area contributed by atoms with Gasteiger partial charge >= 0.3 is 5.97 Å². The van der Waals surface area contributed by atoms with Gasteiger partial charge in [0.05, 0.1) is 11.5 Å². The number of esters is 1. The van der Waals surface area contributed by atoms with Crippen molar-refractivity contribution in [3.05, 3.63) is 82.6 Å². The van der Waals surface area contributed by atoms with E-state index in [1.807, 2.05) is 13.0 Å². The molecule has 2 aromatic rings. The van der Waals surface area contributed by atoms with Crippen molar-refractivity contribution in [2.24, 2.45) is 5.92 Å². The summed E-state index contributed by atoms with van der Waals surface area (Å²) in [4.78, 5) is 15.5. The number of hydrogen-bond donors (Lipinski definition) is 0. The highest BCUT2D eigenvalue weighted by atomic mass is 16.6. The zero-order chi connectivity index (χ0) is 24.0. The molecule has 0 radical (unpaired) electrons. The Balaban J connectivity index is 1.76. The molecule has 0 saturated carbocycles. The van der Waals surface area contributed by atoms with Gasteiger partial charge in [-0.25, -0.2) is 9.37 Å². The van der Waals surface area contributed by atoms with Crippen LogP contribution in [-0.2, 0) is 10.3 Å². The number of carbonyl (C=O) groups excluding carboxylic acids is 1. The van der Waals surface area contributed by atoms with E-state index < -0.39 is 5.60 Å². The molecule has 0 saturated heterocycles. The van der Waals surface area contributed by atoms with Gasteiger partial charge in [0.25, 0.3) is 0 Å². The number of fused-ring (bicyclic) bond motifs is 6. The van der Waals surface area contributed by atoms with Gasteiger partial charge in [-0.1, -0.05) is 23.8 Å². The maximum atomic E-state index is 13.2. The molecule has 1 spiro atoms. The molecule has 0 aromatic heterocycles. The van der Waals surface area contributed by atoms with Crippen LogP contribution in [0.5, 0.6) is 5.75 Å². The predicted molar refractivity (Wildman–Crippen MR) is 135 cm³/mol. The van der Waals surface area contributed by atoms with Crippen molar-refractivity contribution in [2.45, 2.75) is 40.2 Å². The van der Waals surface area contributed by atoms with Crippen molar-refractivity contribution in [3.63, 3.8) is 0 Å². The van der Waals surface area contributed by atoms with E-state index in [0.29, 0.717) is 5.56 Å². The highest BCUT2D eigenvalue weighted by Crippen LogP contribution is 2.56. The standard InChI is InChI=1S/C29H33N2O3/c1-6-30(7-2)20-11-14-24-26(17-20)33-27-18-21(31(8-3)9-4)12-15-25(27)29(24)23-13-10-19(5)16-22(23)28(32)34-29/h10-18,24H,6-9H2,1-5H3/q+1. The number of nitrogens with zero attached hydrogens (tertiary/aromatic N) is 2. The average molecular weight is 458 g/mol. The summed E-state index contributed by atoms with van der Waals surface area (Å²) in [6, 6.07) is 12.3. The van der Waals surface area contributed by atoms with Crippen LogP contribution in [0.3, 0.4) is 0 Å². The number of carbonyl (C=O) groups is 1. The van der Waals surface area contributed by atoms with Crippen LogP contribution in [0.2, 0.25) is 0 Å². The molecule has 34 heavy (non-hydrogen) atoms. The van der Waals surface area contributed by atoms with Gasteiger partial charge in [0.1, 0.15) is 24.6 Å². The zero-order valence-electron chi connectivity index (χ0n) is 20.7. The largest absolute Gasteiger partial charge is 0.460 e. The van der Waals surface area contributed by atoms with Crippen LogP contribution < -0.4 is 9.64 Å². The first-order valence-corrected chi connectivity index (χ1v) is 12.4. The normalized spacial score (nSPS) is 21.9. The summed E-state index contributed by atoms with van der Waals surface area (Å²) in [5.41, 5.74) is 4.78. The number of rotatable bonds is 5. The Morgan fingerprint density at radius 3 is 2.44 bits per heavy atom. The highest BCUT2D eigenvalue weighted by Gasteiger charge is 2.57. The first kappa shape index (κ1) is 22.5. The summed E-state index contributed by atoms with van der Waals surface area (Å²) >= 11 is 0. The number of ether oxygens (including phenoxy) is 2. The summed E-state index contributed by atoms with van der Waals surface area (Å²) in [6.45, 7) is 14.3. The first-order valence-electron chi connectivity index (χ1n) is 12.4. The summed E-state index contributed by atoms with van der Waals surface area (Å²) in [5, 5.41) is 0. The van der Waals surface area contributed by atoms with Crippen molar-refractivity contribution in [2.75, 3.05) is 31.1 Å². The summed E-state index contributed by atoms with van der Waals surface area (Å²) in [6.07, 6.45) is 6.40.